The molecule has 1 aliphatic heterocycles. The molecule has 172 valence electrons. The highest BCUT2D eigenvalue weighted by Crippen LogP contribution is 2.66. The Morgan fingerprint density at radius 1 is 1.00 bits per heavy atom. The summed E-state index contributed by atoms with van der Waals surface area (Å²) in [7, 11) is 2.02. The number of piperidine rings is 1. The summed E-state index contributed by atoms with van der Waals surface area (Å²) in [5, 5.41) is 3.08. The molecule has 1 saturated heterocycles. The van der Waals surface area contributed by atoms with Gasteiger partial charge in [-0.1, -0.05) is 44.3 Å². The Balaban J connectivity index is 1.33. The molecule has 32 heavy (non-hydrogen) atoms. The summed E-state index contributed by atoms with van der Waals surface area (Å²) in [5.74, 6) is 2.59. The molecular weight excluding hydrogens is 416 g/mol. The van der Waals surface area contributed by atoms with Crippen molar-refractivity contribution in [1.29, 1.82) is 0 Å². The number of benzene rings is 1. The van der Waals surface area contributed by atoms with Gasteiger partial charge >= 0.3 is 0 Å². The maximum absolute atomic E-state index is 12.7. The van der Waals surface area contributed by atoms with Gasteiger partial charge in [-0.2, -0.15) is 0 Å². The van der Waals surface area contributed by atoms with Crippen molar-refractivity contribution < 1.29 is 9.59 Å². The Morgan fingerprint density at radius 3 is 2.47 bits per heavy atom. The maximum Gasteiger partial charge on any atom is 0.256 e. The number of nitrogens with zero attached hydrogens (tertiary/aromatic N) is 1. The Kier molecular flexibility index (Phi) is 5.47. The van der Waals surface area contributed by atoms with Crippen LogP contribution in [0.5, 0.6) is 0 Å². The molecule has 1 N–H and O–H groups in total. The Morgan fingerprint density at radius 2 is 1.72 bits per heavy atom. The highest BCUT2D eigenvalue weighted by molar-refractivity contribution is 7.80. The maximum atomic E-state index is 12.7. The fourth-order valence-electron chi connectivity index (χ4n) is 8.44. The summed E-state index contributed by atoms with van der Waals surface area (Å²) in [6.07, 6.45) is 8.78. The summed E-state index contributed by atoms with van der Waals surface area (Å²) in [6.45, 7) is 4.91. The summed E-state index contributed by atoms with van der Waals surface area (Å²) < 4.78 is 0. The molecule has 4 aliphatic rings. The Labute approximate surface area is 197 Å². The van der Waals surface area contributed by atoms with Gasteiger partial charge in [0.05, 0.1) is 4.99 Å². The van der Waals surface area contributed by atoms with Gasteiger partial charge in [-0.05, 0) is 85.7 Å². The first-order valence-corrected chi connectivity index (χ1v) is 12.8. The number of thiocarbonyl (C=S) groups is 1. The van der Waals surface area contributed by atoms with Gasteiger partial charge in [0.15, 0.2) is 0 Å². The van der Waals surface area contributed by atoms with Crippen LogP contribution in [-0.2, 0) is 4.79 Å². The molecule has 4 nitrogen and oxygen atoms in total. The second-order valence-electron chi connectivity index (χ2n) is 11.3. The van der Waals surface area contributed by atoms with Gasteiger partial charge in [0.1, 0.15) is 0 Å². The van der Waals surface area contributed by atoms with E-state index >= 15 is 0 Å². The molecule has 0 aromatic heterocycles. The first kappa shape index (κ1) is 22.1. The summed E-state index contributed by atoms with van der Waals surface area (Å²) in [4.78, 5) is 27.9. The second kappa shape index (κ2) is 7.93. The van der Waals surface area contributed by atoms with Gasteiger partial charge in [0.25, 0.3) is 5.91 Å². The van der Waals surface area contributed by atoms with Crippen molar-refractivity contribution in [2.75, 3.05) is 7.05 Å². The number of rotatable bonds is 2. The smallest absolute Gasteiger partial charge is 0.256 e. The third kappa shape index (κ3) is 3.26. The van der Waals surface area contributed by atoms with Crippen LogP contribution in [0, 0.1) is 34.5 Å². The molecule has 0 bridgehead atoms. The Hall–Kier alpha value is -1.75. The lowest BCUT2D eigenvalue weighted by Crippen LogP contribution is -2.61. The molecule has 5 heteroatoms. The van der Waals surface area contributed by atoms with Crippen molar-refractivity contribution in [2.45, 2.75) is 71.3 Å². The molecule has 0 unspecified atom stereocenters. The fourth-order valence-corrected chi connectivity index (χ4v) is 8.92. The van der Waals surface area contributed by atoms with Crippen LogP contribution in [-0.4, -0.2) is 34.8 Å². The quantitative estimate of drug-likeness (QED) is 0.626. The first-order valence-electron chi connectivity index (χ1n) is 12.4. The SMILES string of the molecule is CN1C(=O)CC[C@]2(C)[C@H]3CC[C@]4(C)[C@@H](C(=S)NC(=O)c5ccccc5)CC[C@H]4[C@@H]3CC[C@@H]12. The van der Waals surface area contributed by atoms with E-state index in [9.17, 15) is 9.59 Å². The lowest BCUT2D eigenvalue weighted by molar-refractivity contribution is -0.157. The van der Waals surface area contributed by atoms with Crippen LogP contribution in [0.2, 0.25) is 0 Å². The van der Waals surface area contributed by atoms with Crippen molar-refractivity contribution in [3.05, 3.63) is 35.9 Å². The summed E-state index contributed by atoms with van der Waals surface area (Å²) >= 11 is 5.84. The summed E-state index contributed by atoms with van der Waals surface area (Å²) in [5.41, 5.74) is 1.08. The third-order valence-electron chi connectivity index (χ3n) is 10.1. The molecule has 1 heterocycles. The highest BCUT2D eigenvalue weighted by atomic mass is 32.1. The van der Waals surface area contributed by atoms with Gasteiger partial charge in [0, 0.05) is 31.0 Å². The minimum absolute atomic E-state index is 0.0840. The zero-order valence-corrected chi connectivity index (χ0v) is 20.4. The van der Waals surface area contributed by atoms with Crippen LogP contribution in [0.4, 0.5) is 0 Å². The van der Waals surface area contributed by atoms with E-state index < -0.39 is 0 Å². The highest BCUT2D eigenvalue weighted by Gasteiger charge is 2.61. The van der Waals surface area contributed by atoms with E-state index in [0.29, 0.717) is 41.7 Å². The first-order chi connectivity index (χ1) is 15.3. The van der Waals surface area contributed by atoms with Crippen LogP contribution >= 0.6 is 12.2 Å². The third-order valence-corrected chi connectivity index (χ3v) is 10.5. The molecule has 4 fully saturated rings. The normalized spacial score (nSPS) is 40.8. The van der Waals surface area contributed by atoms with Gasteiger partial charge in [-0.3, -0.25) is 9.59 Å². The van der Waals surface area contributed by atoms with E-state index in [2.05, 4.69) is 24.1 Å². The molecule has 2 amide bonds. The molecule has 3 saturated carbocycles. The molecule has 7 atom stereocenters. The molecule has 1 aromatic carbocycles. The molecular formula is C27H36N2O2S. The number of hydrogen-bond acceptors (Lipinski definition) is 3. The largest absolute Gasteiger partial charge is 0.342 e. The van der Waals surface area contributed by atoms with Crippen molar-refractivity contribution in [3.8, 4) is 0 Å². The lowest BCUT2D eigenvalue weighted by Gasteiger charge is -2.61. The topological polar surface area (TPSA) is 49.4 Å². The van der Waals surface area contributed by atoms with Crippen LogP contribution in [0.25, 0.3) is 0 Å². The molecule has 0 spiro atoms. The van der Waals surface area contributed by atoms with E-state index in [0.717, 1.165) is 24.3 Å². The number of nitrogens with one attached hydrogen (secondary N) is 1. The van der Waals surface area contributed by atoms with Crippen molar-refractivity contribution in [2.24, 2.45) is 34.5 Å². The lowest BCUT2D eigenvalue weighted by atomic mass is 9.47. The zero-order chi connectivity index (χ0) is 22.7. The average molecular weight is 453 g/mol. The zero-order valence-electron chi connectivity index (χ0n) is 19.6. The number of amides is 2. The molecule has 0 radical (unpaired) electrons. The number of likely N-dealkylation sites (tertiary alicyclic amines) is 1. The number of carbonyl (C=O) groups is 2. The fraction of sp³-hybridized carbons (Fsp3) is 0.667. The monoisotopic (exact) mass is 452 g/mol. The second-order valence-corrected chi connectivity index (χ2v) is 11.8. The van der Waals surface area contributed by atoms with E-state index in [-0.39, 0.29) is 22.7 Å². The number of fused-ring (bicyclic) bond motifs is 5. The van der Waals surface area contributed by atoms with E-state index in [1.54, 1.807) is 0 Å². The van der Waals surface area contributed by atoms with Crippen LogP contribution in [0.15, 0.2) is 30.3 Å². The summed E-state index contributed by atoms with van der Waals surface area (Å²) in [6, 6.07) is 9.78. The minimum atomic E-state index is -0.0840. The van der Waals surface area contributed by atoms with Crippen molar-refractivity contribution in [3.63, 3.8) is 0 Å². The minimum Gasteiger partial charge on any atom is -0.342 e. The number of carbonyl (C=O) groups excluding carboxylic acids is 2. The molecule has 5 rings (SSSR count). The van der Waals surface area contributed by atoms with Crippen molar-refractivity contribution in [1.82, 2.24) is 10.2 Å². The van der Waals surface area contributed by atoms with Gasteiger partial charge in [-0.15, -0.1) is 0 Å². The van der Waals surface area contributed by atoms with Gasteiger partial charge in [-0.25, -0.2) is 0 Å². The predicted molar refractivity (Wildman–Crippen MR) is 130 cm³/mol. The molecule has 1 aromatic rings. The van der Waals surface area contributed by atoms with Gasteiger partial charge < -0.3 is 10.2 Å². The predicted octanol–water partition coefficient (Wildman–Crippen LogP) is 5.22. The van der Waals surface area contributed by atoms with E-state index in [1.165, 1.54) is 25.7 Å². The standard InChI is InChI=1S/C27H36N2O2S/c1-26-15-13-20-18(9-12-22-27(20,2)16-14-23(30)29(22)3)19(26)10-11-21(26)25(32)28-24(31)17-7-5-4-6-8-17/h4-8,18-22H,9-16H2,1-3H3,(H,28,31,32)/t18-,19-,20-,21+,22+,26-,27+/m0/s1. The van der Waals surface area contributed by atoms with Crippen LogP contribution in [0.1, 0.15) is 75.6 Å². The van der Waals surface area contributed by atoms with E-state index in [4.69, 9.17) is 12.2 Å². The Bertz CT molecular complexity index is 933. The number of hydrogen-bond donors (Lipinski definition) is 1. The average Bonchev–Trinajstić information content (AvgIpc) is 3.14. The van der Waals surface area contributed by atoms with Crippen LogP contribution < -0.4 is 5.32 Å². The molecule has 3 aliphatic carbocycles. The van der Waals surface area contributed by atoms with Crippen molar-refractivity contribution >= 4 is 29.0 Å². The van der Waals surface area contributed by atoms with Crippen LogP contribution in [0.3, 0.4) is 0 Å². The van der Waals surface area contributed by atoms with E-state index in [1.807, 2.05) is 37.4 Å². The van der Waals surface area contributed by atoms with Gasteiger partial charge in [0.2, 0.25) is 5.91 Å².